The lowest BCUT2D eigenvalue weighted by molar-refractivity contribution is -0.143. The molecule has 5 nitrogen and oxygen atoms in total. The minimum atomic E-state index is -0.489. The van der Waals surface area contributed by atoms with Gasteiger partial charge in [0.05, 0.1) is 12.8 Å². The van der Waals surface area contributed by atoms with Crippen LogP contribution < -0.4 is 11.5 Å². The fraction of sp³-hybridized carbons (Fsp3) is 0.273. The molecule has 0 saturated carbocycles. The van der Waals surface area contributed by atoms with Gasteiger partial charge in [0.1, 0.15) is 6.61 Å². The Hall–Kier alpha value is -2.04. The van der Waals surface area contributed by atoms with Crippen LogP contribution in [0.3, 0.4) is 0 Å². The topological polar surface area (TPSA) is 95.4 Å². The molecule has 0 aliphatic carbocycles. The number of amides is 1. The monoisotopic (exact) mass is 222 g/mol. The smallest absolute Gasteiger partial charge is 0.310 e. The second kappa shape index (κ2) is 5.75. The number of esters is 1. The molecular weight excluding hydrogens is 208 g/mol. The summed E-state index contributed by atoms with van der Waals surface area (Å²) < 4.78 is 4.82. The fourth-order valence-corrected chi connectivity index (χ4v) is 1.19. The van der Waals surface area contributed by atoms with Gasteiger partial charge >= 0.3 is 5.97 Å². The number of nitrogens with two attached hydrogens (primary N) is 2. The summed E-state index contributed by atoms with van der Waals surface area (Å²) in [6, 6.07) is 6.99. The molecule has 0 aliphatic rings. The fourth-order valence-electron chi connectivity index (χ4n) is 1.19. The van der Waals surface area contributed by atoms with Crippen LogP contribution in [0.25, 0.3) is 0 Å². The number of primary amides is 1. The number of anilines is 1. The Morgan fingerprint density at radius 1 is 1.31 bits per heavy atom. The molecule has 0 atom stereocenters. The van der Waals surface area contributed by atoms with Crippen molar-refractivity contribution in [1.82, 2.24) is 0 Å². The first kappa shape index (κ1) is 12.0. The highest BCUT2D eigenvalue weighted by Crippen LogP contribution is 2.07. The molecule has 16 heavy (non-hydrogen) atoms. The summed E-state index contributed by atoms with van der Waals surface area (Å²) >= 11 is 0. The van der Waals surface area contributed by atoms with Gasteiger partial charge in [0, 0.05) is 5.69 Å². The maximum Gasteiger partial charge on any atom is 0.310 e. The van der Waals surface area contributed by atoms with Crippen molar-refractivity contribution in [3.63, 3.8) is 0 Å². The van der Waals surface area contributed by atoms with E-state index in [0.717, 1.165) is 5.56 Å². The van der Waals surface area contributed by atoms with Crippen LogP contribution in [0.5, 0.6) is 0 Å². The predicted octanol–water partition coefficient (Wildman–Crippen LogP) is 0.230. The van der Waals surface area contributed by atoms with E-state index in [4.69, 9.17) is 16.2 Å². The number of carbonyl (C=O) groups excluding carboxylic acids is 2. The first-order chi connectivity index (χ1) is 7.58. The third-order valence-electron chi connectivity index (χ3n) is 1.91. The lowest BCUT2D eigenvalue weighted by Gasteiger charge is -2.04. The molecule has 4 N–H and O–H groups in total. The zero-order chi connectivity index (χ0) is 12.0. The van der Waals surface area contributed by atoms with E-state index in [1.807, 2.05) is 0 Å². The molecule has 0 saturated heterocycles. The average molecular weight is 222 g/mol. The van der Waals surface area contributed by atoms with Gasteiger partial charge < -0.3 is 16.2 Å². The average Bonchev–Trinajstić information content (AvgIpc) is 2.16. The first-order valence-electron chi connectivity index (χ1n) is 4.86. The summed E-state index contributed by atoms with van der Waals surface area (Å²) in [6.45, 7) is 0.0243. The summed E-state index contributed by atoms with van der Waals surface area (Å²) in [6.07, 6.45) is 0.187. The minimum absolute atomic E-state index is 0.0243. The van der Waals surface area contributed by atoms with E-state index in [9.17, 15) is 9.59 Å². The molecule has 0 bridgehead atoms. The number of hydrogen-bond acceptors (Lipinski definition) is 4. The molecular formula is C11H14N2O3. The predicted molar refractivity (Wildman–Crippen MR) is 59.3 cm³/mol. The molecule has 0 fully saturated rings. The number of rotatable bonds is 5. The van der Waals surface area contributed by atoms with Gasteiger partial charge in [-0.2, -0.15) is 0 Å². The van der Waals surface area contributed by atoms with Crippen molar-refractivity contribution in [2.45, 2.75) is 12.8 Å². The molecule has 1 aromatic rings. The number of ether oxygens (including phenoxy) is 1. The molecule has 0 heterocycles. The van der Waals surface area contributed by atoms with Crippen LogP contribution >= 0.6 is 0 Å². The normalized spacial score (nSPS) is 9.75. The number of benzene rings is 1. The molecule has 1 amide bonds. The van der Waals surface area contributed by atoms with Crippen molar-refractivity contribution in [3.05, 3.63) is 29.8 Å². The Balaban J connectivity index is 2.37. The number of hydrogen-bond donors (Lipinski definition) is 2. The zero-order valence-electron chi connectivity index (χ0n) is 8.81. The molecule has 0 unspecified atom stereocenters. The molecule has 86 valence electrons. The first-order valence-corrected chi connectivity index (χ1v) is 4.86. The van der Waals surface area contributed by atoms with Gasteiger partial charge in [-0.3, -0.25) is 9.59 Å². The molecule has 1 aromatic carbocycles. The third kappa shape index (κ3) is 4.45. The highest BCUT2D eigenvalue weighted by Gasteiger charge is 2.05. The maximum absolute atomic E-state index is 11.3. The van der Waals surface area contributed by atoms with E-state index >= 15 is 0 Å². The van der Waals surface area contributed by atoms with Crippen molar-refractivity contribution in [2.75, 3.05) is 12.3 Å². The Bertz CT molecular complexity index is 391. The van der Waals surface area contributed by atoms with E-state index in [2.05, 4.69) is 0 Å². The second-order valence-electron chi connectivity index (χ2n) is 3.36. The molecule has 5 heteroatoms. The summed E-state index contributed by atoms with van der Waals surface area (Å²) in [5.74, 6) is -0.886. The molecule has 0 aliphatic heterocycles. The van der Waals surface area contributed by atoms with E-state index in [0.29, 0.717) is 5.69 Å². The Labute approximate surface area is 93.4 Å². The van der Waals surface area contributed by atoms with Gasteiger partial charge in [-0.1, -0.05) is 12.1 Å². The van der Waals surface area contributed by atoms with Crippen LogP contribution in [0, 0.1) is 0 Å². The lowest BCUT2D eigenvalue weighted by Crippen LogP contribution is -2.16. The van der Waals surface area contributed by atoms with Crippen LogP contribution in [0.1, 0.15) is 12.0 Å². The van der Waals surface area contributed by atoms with Gasteiger partial charge in [0.2, 0.25) is 5.91 Å². The SMILES string of the molecule is NC(=O)CCOC(=O)Cc1cccc(N)c1. The molecule has 1 rings (SSSR count). The Kier molecular flexibility index (Phi) is 4.32. The highest BCUT2D eigenvalue weighted by molar-refractivity contribution is 5.75. The number of carbonyl (C=O) groups is 2. The lowest BCUT2D eigenvalue weighted by atomic mass is 10.1. The summed E-state index contributed by atoms with van der Waals surface area (Å²) in [5.41, 5.74) is 11.8. The largest absolute Gasteiger partial charge is 0.465 e. The summed E-state index contributed by atoms with van der Waals surface area (Å²) in [7, 11) is 0. The summed E-state index contributed by atoms with van der Waals surface area (Å²) in [4.78, 5) is 21.7. The quantitative estimate of drug-likeness (QED) is 0.550. The van der Waals surface area contributed by atoms with E-state index in [1.165, 1.54) is 0 Å². The van der Waals surface area contributed by atoms with Gasteiger partial charge in [-0.15, -0.1) is 0 Å². The van der Waals surface area contributed by atoms with E-state index < -0.39 is 11.9 Å². The molecule has 0 spiro atoms. The van der Waals surface area contributed by atoms with Crippen molar-refractivity contribution in [2.24, 2.45) is 5.73 Å². The van der Waals surface area contributed by atoms with Crippen LogP contribution in [0.4, 0.5) is 5.69 Å². The van der Waals surface area contributed by atoms with E-state index in [-0.39, 0.29) is 19.4 Å². The maximum atomic E-state index is 11.3. The van der Waals surface area contributed by atoms with Crippen LogP contribution in [-0.4, -0.2) is 18.5 Å². The van der Waals surface area contributed by atoms with Crippen LogP contribution in [0.2, 0.25) is 0 Å². The van der Waals surface area contributed by atoms with Gasteiger partial charge in [-0.05, 0) is 17.7 Å². The second-order valence-corrected chi connectivity index (χ2v) is 3.36. The Morgan fingerprint density at radius 3 is 2.69 bits per heavy atom. The van der Waals surface area contributed by atoms with Crippen LogP contribution in [-0.2, 0) is 20.7 Å². The van der Waals surface area contributed by atoms with Gasteiger partial charge in [0.25, 0.3) is 0 Å². The minimum Gasteiger partial charge on any atom is -0.465 e. The molecule has 0 aromatic heterocycles. The van der Waals surface area contributed by atoms with Gasteiger partial charge in [-0.25, -0.2) is 0 Å². The van der Waals surface area contributed by atoms with Crippen molar-refractivity contribution < 1.29 is 14.3 Å². The van der Waals surface area contributed by atoms with Crippen molar-refractivity contribution >= 4 is 17.6 Å². The van der Waals surface area contributed by atoms with E-state index in [1.54, 1.807) is 24.3 Å². The van der Waals surface area contributed by atoms with Crippen LogP contribution in [0.15, 0.2) is 24.3 Å². The molecule has 0 radical (unpaired) electrons. The van der Waals surface area contributed by atoms with Crippen molar-refractivity contribution in [3.8, 4) is 0 Å². The third-order valence-corrected chi connectivity index (χ3v) is 1.91. The summed E-state index contributed by atoms with van der Waals surface area (Å²) in [5, 5.41) is 0. The standard InChI is InChI=1S/C11H14N2O3/c12-9-3-1-2-8(6-9)7-11(15)16-5-4-10(13)14/h1-3,6H,4-5,7,12H2,(H2,13,14). The Morgan fingerprint density at radius 2 is 2.06 bits per heavy atom. The zero-order valence-corrected chi connectivity index (χ0v) is 8.81. The van der Waals surface area contributed by atoms with Gasteiger partial charge in [0.15, 0.2) is 0 Å². The number of nitrogen functional groups attached to an aromatic ring is 1. The van der Waals surface area contributed by atoms with Crippen molar-refractivity contribution in [1.29, 1.82) is 0 Å². The highest BCUT2D eigenvalue weighted by atomic mass is 16.5.